The second kappa shape index (κ2) is 10.3. The van der Waals surface area contributed by atoms with Crippen molar-refractivity contribution in [3.63, 3.8) is 0 Å². The van der Waals surface area contributed by atoms with Crippen LogP contribution in [0, 0.1) is 0 Å². The fourth-order valence-electron chi connectivity index (χ4n) is 0. The second-order valence-electron chi connectivity index (χ2n) is 0.470. The van der Waals surface area contributed by atoms with Crippen molar-refractivity contribution in [3.8, 4) is 0 Å². The average molecular weight is 122 g/mol. The minimum absolute atomic E-state index is 0. The van der Waals surface area contributed by atoms with Crippen molar-refractivity contribution in [1.29, 1.82) is 0 Å². The average Bonchev–Trinajstić information content (AvgIpc) is 1.38. The van der Waals surface area contributed by atoms with Gasteiger partial charge in [-0.1, -0.05) is 0 Å². The zero-order valence-corrected chi connectivity index (χ0v) is 2.76. The molecule has 0 aromatic carbocycles. The van der Waals surface area contributed by atoms with E-state index >= 15 is 0 Å². The summed E-state index contributed by atoms with van der Waals surface area (Å²) in [4.78, 5) is 9.15. The van der Waals surface area contributed by atoms with Crippen LogP contribution < -0.4 is 0 Å². The first kappa shape index (κ1) is 15.8. The van der Waals surface area contributed by atoms with Crippen LogP contribution in [-0.4, -0.2) is 78.4 Å². The summed E-state index contributed by atoms with van der Waals surface area (Å²) in [6.07, 6.45) is -1.25. The van der Waals surface area contributed by atoms with Gasteiger partial charge in [0.25, 0.3) is 0 Å². The number of carbonyl (C=O) groups is 1. The third-order valence-corrected chi connectivity index (χ3v) is 0.175. The molecule has 0 bridgehead atoms. The van der Waals surface area contributed by atoms with Gasteiger partial charge in [0, 0.05) is 0 Å². The van der Waals surface area contributed by atoms with E-state index in [9.17, 15) is 0 Å². The Balaban J connectivity index is -0.0000000800. The summed E-state index contributed by atoms with van der Waals surface area (Å²) in [6.45, 7) is 0. The summed E-state index contributed by atoms with van der Waals surface area (Å²) < 4.78 is 3.67. The molecule has 0 aliphatic heterocycles. The van der Waals surface area contributed by atoms with Crippen LogP contribution in [0.4, 0.5) is 4.79 Å². The number of hydrogen-bond acceptors (Lipinski definition) is 2. The molecule has 6 heteroatoms. The fourth-order valence-corrected chi connectivity index (χ4v) is 0. The quantitative estimate of drug-likeness (QED) is 0.375. The maximum atomic E-state index is 9.15. The maximum absolute atomic E-state index is 9.15. The molecule has 1 N–H and O–H groups in total. The topological polar surface area (TPSA) is 46.5 Å². The van der Waals surface area contributed by atoms with Crippen LogP contribution in [0.3, 0.4) is 0 Å². The van der Waals surface area contributed by atoms with E-state index < -0.39 is 6.16 Å². The van der Waals surface area contributed by atoms with Crippen molar-refractivity contribution < 1.29 is 14.6 Å². The Morgan fingerprint density at radius 3 is 1.71 bits per heavy atom. The summed E-state index contributed by atoms with van der Waals surface area (Å²) in [7, 11) is 1.10. The fraction of sp³-hybridized carbons (Fsp3) is 0. The Morgan fingerprint density at radius 1 is 1.57 bits per heavy atom. The van der Waals surface area contributed by atoms with Crippen LogP contribution in [0.15, 0.2) is 0 Å². The van der Waals surface area contributed by atoms with Crippen LogP contribution in [0.1, 0.15) is 0 Å². The van der Waals surface area contributed by atoms with E-state index in [0.717, 1.165) is 8.05 Å². The summed E-state index contributed by atoms with van der Waals surface area (Å²) >= 11 is 0. The predicted octanol–water partition coefficient (Wildman–Crippen LogP) is -2.07. The molecule has 0 fully saturated rings. The third kappa shape index (κ3) is 18.8. The molecule has 0 saturated carbocycles. The van der Waals surface area contributed by atoms with Gasteiger partial charge in [-0.25, -0.2) is 4.79 Å². The molecule has 0 atom stereocenters. The van der Waals surface area contributed by atoms with Crippen molar-refractivity contribution in [2.45, 2.75) is 0 Å². The normalized spacial score (nSPS) is 4.57. The van der Waals surface area contributed by atoms with Crippen LogP contribution in [0.2, 0.25) is 0 Å². The van der Waals surface area contributed by atoms with Gasteiger partial charge in [-0.05, 0) is 0 Å². The molecular formula is CH5BNa2O3. The van der Waals surface area contributed by atoms with Gasteiger partial charge in [0.05, 0.1) is 0 Å². The molecule has 0 rings (SSSR count). The first-order valence-corrected chi connectivity index (χ1v) is 1.04. The van der Waals surface area contributed by atoms with Gasteiger partial charge in [-0.2, -0.15) is 0 Å². The molecule has 0 spiro atoms. The SMILES string of the molecule is BOC(=O)O.[NaH].[NaH]. The molecule has 3 nitrogen and oxygen atoms in total. The molecule has 0 heterocycles. The Morgan fingerprint density at radius 2 is 1.71 bits per heavy atom. The van der Waals surface area contributed by atoms with Crippen LogP contribution >= 0.6 is 0 Å². The Hall–Kier alpha value is 1.33. The van der Waals surface area contributed by atoms with Crippen LogP contribution in [0.5, 0.6) is 0 Å². The van der Waals surface area contributed by atoms with Gasteiger partial charge in [-0.3, -0.25) is 0 Å². The molecule has 0 aromatic rings. The van der Waals surface area contributed by atoms with E-state index in [2.05, 4.69) is 4.65 Å². The van der Waals surface area contributed by atoms with Crippen LogP contribution in [0.25, 0.3) is 0 Å². The molecule has 32 valence electrons. The first-order valence-electron chi connectivity index (χ1n) is 1.04. The minimum atomic E-state index is -1.25. The zero-order chi connectivity index (χ0) is 4.28. The standard InChI is InChI=1S/CH3BO3.2Na.2H/c2-5-1(3)4;;;;/h2H2,(H,3,4);;;;. The summed E-state index contributed by atoms with van der Waals surface area (Å²) in [5.74, 6) is 0. The van der Waals surface area contributed by atoms with Crippen molar-refractivity contribution in [3.05, 3.63) is 0 Å². The van der Waals surface area contributed by atoms with Crippen molar-refractivity contribution >= 4 is 73.3 Å². The van der Waals surface area contributed by atoms with Gasteiger partial charge in [-0.15, -0.1) is 0 Å². The van der Waals surface area contributed by atoms with Gasteiger partial charge >= 0.3 is 73.3 Å². The van der Waals surface area contributed by atoms with Gasteiger partial charge < -0.3 is 9.76 Å². The zero-order valence-electron chi connectivity index (χ0n) is 2.76. The second-order valence-corrected chi connectivity index (χ2v) is 0.470. The van der Waals surface area contributed by atoms with E-state index in [1.807, 2.05) is 0 Å². The molecule has 0 radical (unpaired) electrons. The molecular weight excluding hydrogens is 117 g/mol. The summed E-state index contributed by atoms with van der Waals surface area (Å²) in [5, 5.41) is 7.50. The number of hydrogen-bond donors (Lipinski definition) is 1. The summed E-state index contributed by atoms with van der Waals surface area (Å²) in [5.41, 5.74) is 0. The molecule has 0 aliphatic rings. The number of carboxylic acid groups (broad SMARTS) is 1. The van der Waals surface area contributed by atoms with E-state index in [0.29, 0.717) is 0 Å². The molecule has 0 saturated heterocycles. The molecule has 0 aromatic heterocycles. The van der Waals surface area contributed by atoms with E-state index in [1.54, 1.807) is 0 Å². The van der Waals surface area contributed by atoms with Crippen molar-refractivity contribution in [2.75, 3.05) is 0 Å². The Kier molecular flexibility index (Phi) is 23.3. The number of rotatable bonds is 0. The Labute approximate surface area is 86.8 Å². The molecule has 0 amide bonds. The molecule has 0 unspecified atom stereocenters. The molecule has 7 heavy (non-hydrogen) atoms. The Bertz CT molecular complexity index is 48.2. The first-order chi connectivity index (χ1) is 2.27. The van der Waals surface area contributed by atoms with Crippen molar-refractivity contribution in [2.24, 2.45) is 0 Å². The van der Waals surface area contributed by atoms with Crippen molar-refractivity contribution in [1.82, 2.24) is 0 Å². The predicted molar refractivity (Wildman–Crippen MR) is 32.0 cm³/mol. The molecule has 0 aliphatic carbocycles. The van der Waals surface area contributed by atoms with Gasteiger partial charge in [0.2, 0.25) is 0 Å². The van der Waals surface area contributed by atoms with Gasteiger partial charge in [0.1, 0.15) is 0 Å². The van der Waals surface area contributed by atoms with E-state index in [1.165, 1.54) is 0 Å². The van der Waals surface area contributed by atoms with Gasteiger partial charge in [0.15, 0.2) is 0 Å². The third-order valence-electron chi connectivity index (χ3n) is 0.175. The van der Waals surface area contributed by atoms with Crippen LogP contribution in [-0.2, 0) is 4.65 Å². The monoisotopic (exact) mass is 122 g/mol. The van der Waals surface area contributed by atoms with E-state index in [4.69, 9.17) is 9.90 Å². The summed E-state index contributed by atoms with van der Waals surface area (Å²) in [6, 6.07) is 0. The van der Waals surface area contributed by atoms with E-state index in [-0.39, 0.29) is 59.1 Å².